The van der Waals surface area contributed by atoms with Crippen molar-refractivity contribution in [3.63, 3.8) is 0 Å². The number of piperazine rings is 1. The molecule has 2 aromatic carbocycles. The zero-order valence-electron chi connectivity index (χ0n) is 16.9. The van der Waals surface area contributed by atoms with E-state index in [2.05, 4.69) is 15.9 Å². The van der Waals surface area contributed by atoms with Gasteiger partial charge in [0.15, 0.2) is 0 Å². The molecule has 7 heteroatoms. The zero-order chi connectivity index (χ0) is 20.4. The summed E-state index contributed by atoms with van der Waals surface area (Å²) in [5.74, 6) is -1.03. The summed E-state index contributed by atoms with van der Waals surface area (Å²) in [6.07, 6.45) is 1.64. The summed E-state index contributed by atoms with van der Waals surface area (Å²) in [4.78, 5) is 16.9. The minimum Gasteiger partial charge on any atom is -0.477 e. The number of carboxylic acids is 1. The van der Waals surface area contributed by atoms with Gasteiger partial charge in [0.1, 0.15) is 10.7 Å². The lowest BCUT2D eigenvalue weighted by molar-refractivity contribution is 0.0701. The van der Waals surface area contributed by atoms with E-state index in [1.54, 1.807) is 0 Å². The van der Waals surface area contributed by atoms with Gasteiger partial charge in [-0.05, 0) is 48.2 Å². The van der Waals surface area contributed by atoms with E-state index in [0.717, 1.165) is 72.5 Å². The van der Waals surface area contributed by atoms with Gasteiger partial charge in [0, 0.05) is 48.5 Å². The van der Waals surface area contributed by atoms with Crippen molar-refractivity contribution in [1.82, 2.24) is 4.90 Å². The molecule has 160 valence electrons. The Balaban J connectivity index is 0.00000256. The Hall–Kier alpha value is -2.15. The summed E-state index contributed by atoms with van der Waals surface area (Å²) in [6, 6.07) is 12.9. The molecule has 3 aromatic rings. The Bertz CT molecular complexity index is 1010. The maximum Gasteiger partial charge on any atom is 0.346 e. The Labute approximate surface area is 186 Å². The van der Waals surface area contributed by atoms with Crippen molar-refractivity contribution in [3.8, 4) is 0 Å². The summed E-state index contributed by atoms with van der Waals surface area (Å²) in [5, 5.41) is 10.7. The van der Waals surface area contributed by atoms with Crippen LogP contribution in [0.1, 0.15) is 27.7 Å². The quantitative estimate of drug-likeness (QED) is 0.570. The number of rotatable bonds is 6. The van der Waals surface area contributed by atoms with Gasteiger partial charge in [0.2, 0.25) is 0 Å². The van der Waals surface area contributed by atoms with E-state index in [9.17, 15) is 14.3 Å². The molecule has 4 rings (SSSR count). The molecule has 0 bridgehead atoms. The molecule has 0 aliphatic carbocycles. The van der Waals surface area contributed by atoms with Crippen LogP contribution < -0.4 is 4.90 Å². The summed E-state index contributed by atoms with van der Waals surface area (Å²) >= 11 is 1.38. The van der Waals surface area contributed by atoms with Crippen molar-refractivity contribution in [1.29, 1.82) is 0 Å². The fourth-order valence-electron chi connectivity index (χ4n) is 4.12. The van der Waals surface area contributed by atoms with Crippen LogP contribution in [0.4, 0.5) is 10.1 Å². The number of hydrogen-bond donors (Lipinski definition) is 1. The number of halogens is 2. The Morgan fingerprint density at radius 3 is 2.43 bits per heavy atom. The highest BCUT2D eigenvalue weighted by atomic mass is 35.5. The van der Waals surface area contributed by atoms with Gasteiger partial charge in [-0.2, -0.15) is 0 Å². The average Bonchev–Trinajstić information content (AvgIpc) is 3.13. The molecule has 30 heavy (non-hydrogen) atoms. The van der Waals surface area contributed by atoms with Crippen LogP contribution in [0.5, 0.6) is 0 Å². The molecule has 1 aromatic heterocycles. The summed E-state index contributed by atoms with van der Waals surface area (Å²) < 4.78 is 14.1. The van der Waals surface area contributed by atoms with Crippen LogP contribution in [-0.4, -0.2) is 48.7 Å². The van der Waals surface area contributed by atoms with E-state index in [4.69, 9.17) is 0 Å². The lowest BCUT2D eigenvalue weighted by Gasteiger charge is -2.36. The number of hydrogen-bond acceptors (Lipinski definition) is 4. The van der Waals surface area contributed by atoms with E-state index in [-0.39, 0.29) is 18.2 Å². The number of thiophene rings is 1. The molecule has 1 aliphatic rings. The van der Waals surface area contributed by atoms with Crippen LogP contribution in [0.3, 0.4) is 0 Å². The molecule has 1 N–H and O–H groups in total. The SMILES string of the molecule is CCc1c(C(=O)O)sc2cccc(N3CCN(CCc4ccc(F)cc4)CC3)c12.Cl. The molecule has 0 atom stereocenters. The maximum absolute atomic E-state index is 13.0. The number of aromatic carboxylic acids is 1. The number of aryl methyl sites for hydroxylation is 1. The second kappa shape index (κ2) is 9.77. The number of fused-ring (bicyclic) bond motifs is 1. The van der Waals surface area contributed by atoms with Gasteiger partial charge in [-0.25, -0.2) is 9.18 Å². The fourth-order valence-corrected chi connectivity index (χ4v) is 5.27. The van der Waals surface area contributed by atoms with Crippen molar-refractivity contribution in [2.75, 3.05) is 37.6 Å². The Morgan fingerprint density at radius 2 is 1.80 bits per heavy atom. The third-order valence-electron chi connectivity index (χ3n) is 5.68. The summed E-state index contributed by atoms with van der Waals surface area (Å²) in [7, 11) is 0. The summed E-state index contributed by atoms with van der Waals surface area (Å²) in [6.45, 7) is 6.77. The molecule has 0 spiro atoms. The van der Waals surface area contributed by atoms with Crippen LogP contribution in [0.25, 0.3) is 10.1 Å². The summed E-state index contributed by atoms with van der Waals surface area (Å²) in [5.41, 5.74) is 3.26. The normalized spacial score (nSPS) is 14.7. The molecule has 0 saturated carbocycles. The van der Waals surface area contributed by atoms with E-state index in [1.165, 1.54) is 23.5 Å². The van der Waals surface area contributed by atoms with E-state index >= 15 is 0 Å². The smallest absolute Gasteiger partial charge is 0.346 e. The number of carbonyl (C=O) groups is 1. The van der Waals surface area contributed by atoms with Crippen molar-refractivity contribution < 1.29 is 14.3 Å². The van der Waals surface area contributed by atoms with Gasteiger partial charge in [0.25, 0.3) is 0 Å². The lowest BCUT2D eigenvalue weighted by atomic mass is 10.0. The molecule has 0 radical (unpaired) electrons. The number of nitrogens with zero attached hydrogens (tertiary/aromatic N) is 2. The van der Waals surface area contributed by atoms with Crippen LogP contribution >= 0.6 is 23.7 Å². The fraction of sp³-hybridized carbons (Fsp3) is 0.348. The van der Waals surface area contributed by atoms with Crippen molar-refractivity contribution in [2.45, 2.75) is 19.8 Å². The first-order valence-corrected chi connectivity index (χ1v) is 10.9. The third kappa shape index (κ3) is 4.61. The van der Waals surface area contributed by atoms with Crippen LogP contribution in [-0.2, 0) is 12.8 Å². The molecular weight excluding hydrogens is 423 g/mol. The predicted molar refractivity (Wildman–Crippen MR) is 124 cm³/mol. The van der Waals surface area contributed by atoms with E-state index < -0.39 is 5.97 Å². The van der Waals surface area contributed by atoms with Crippen molar-refractivity contribution >= 4 is 45.5 Å². The molecule has 4 nitrogen and oxygen atoms in total. The van der Waals surface area contributed by atoms with Gasteiger partial charge >= 0.3 is 5.97 Å². The minimum atomic E-state index is -0.834. The van der Waals surface area contributed by atoms with Crippen LogP contribution in [0.2, 0.25) is 0 Å². The lowest BCUT2D eigenvalue weighted by Crippen LogP contribution is -2.47. The monoisotopic (exact) mass is 448 g/mol. The van der Waals surface area contributed by atoms with Crippen LogP contribution in [0.15, 0.2) is 42.5 Å². The molecule has 2 heterocycles. The first kappa shape index (κ1) is 22.5. The predicted octanol–water partition coefficient (Wildman–Crippen LogP) is 5.09. The first-order valence-electron chi connectivity index (χ1n) is 10.1. The van der Waals surface area contributed by atoms with Gasteiger partial charge in [0.05, 0.1) is 0 Å². The first-order chi connectivity index (χ1) is 14.1. The topological polar surface area (TPSA) is 43.8 Å². The Kier molecular flexibility index (Phi) is 7.34. The highest BCUT2D eigenvalue weighted by Crippen LogP contribution is 2.38. The zero-order valence-corrected chi connectivity index (χ0v) is 18.6. The highest BCUT2D eigenvalue weighted by Gasteiger charge is 2.23. The van der Waals surface area contributed by atoms with Crippen molar-refractivity contribution in [3.05, 3.63) is 64.3 Å². The maximum atomic E-state index is 13.0. The molecule has 1 saturated heterocycles. The van der Waals surface area contributed by atoms with Gasteiger partial charge < -0.3 is 10.0 Å². The molecular formula is C23H26ClFN2O2S. The largest absolute Gasteiger partial charge is 0.477 e. The molecule has 0 unspecified atom stereocenters. The molecule has 1 aliphatic heterocycles. The second-order valence-electron chi connectivity index (χ2n) is 7.42. The van der Waals surface area contributed by atoms with Crippen molar-refractivity contribution in [2.24, 2.45) is 0 Å². The van der Waals surface area contributed by atoms with Gasteiger partial charge in [-0.3, -0.25) is 4.90 Å². The number of benzene rings is 2. The second-order valence-corrected chi connectivity index (χ2v) is 8.48. The number of carboxylic acid groups (broad SMARTS) is 1. The van der Waals surface area contributed by atoms with Crippen LogP contribution in [0, 0.1) is 5.82 Å². The van der Waals surface area contributed by atoms with E-state index in [1.807, 2.05) is 31.2 Å². The van der Waals surface area contributed by atoms with E-state index in [0.29, 0.717) is 4.88 Å². The number of anilines is 1. The van der Waals surface area contributed by atoms with Gasteiger partial charge in [-0.1, -0.05) is 25.1 Å². The standard InChI is InChI=1S/C23H25FN2O2S.ClH/c1-2-18-21-19(4-3-5-20(21)29-22(18)23(27)28)26-14-12-25(13-15-26)11-10-16-6-8-17(24)9-7-16;/h3-9H,2,10-15H2,1H3,(H,27,28);1H. The molecule has 0 amide bonds. The third-order valence-corrected chi connectivity index (χ3v) is 6.87. The Morgan fingerprint density at radius 1 is 1.10 bits per heavy atom. The van der Waals surface area contributed by atoms with Gasteiger partial charge in [-0.15, -0.1) is 23.7 Å². The molecule has 1 fully saturated rings. The highest BCUT2D eigenvalue weighted by molar-refractivity contribution is 7.21. The minimum absolute atomic E-state index is 0. The average molecular weight is 449 g/mol.